The zero-order valence-electron chi connectivity index (χ0n) is 33.8. The van der Waals surface area contributed by atoms with Gasteiger partial charge in [0.2, 0.25) is 11.9 Å². The lowest BCUT2D eigenvalue weighted by atomic mass is 9.68. The number of fused-ring (bicyclic) bond motifs is 1. The standard InChI is InChI=1S/C46H57F3N4O3/c1-29(2)55-28-32-25-50-44(51-26-32)53-21-17-35(18-22-53)43-41(42(47)34-11-7-30(3)8-12-34)39(33-15-19-46(48,49)20-16-33)40-37(52-43)23-45(4,5)24-38(40)56-27-31-9-13-36(54-6)14-10-31/h7-14,25-26,29,33,35,38,42H,15-24,27-28H2,1-6H3/t38-,42-/m0/s1. The number of hydrogen-bond acceptors (Lipinski definition) is 7. The van der Waals surface area contributed by atoms with Crippen molar-refractivity contribution in [2.24, 2.45) is 5.41 Å². The van der Waals surface area contributed by atoms with E-state index in [9.17, 15) is 8.78 Å². The van der Waals surface area contributed by atoms with Crippen LogP contribution in [0.3, 0.4) is 0 Å². The van der Waals surface area contributed by atoms with Crippen LogP contribution in [-0.4, -0.2) is 47.2 Å². The minimum absolute atomic E-state index is 0.0264. The fourth-order valence-corrected chi connectivity index (χ4v) is 8.84. The van der Waals surface area contributed by atoms with E-state index in [1.807, 2.05) is 81.7 Å². The van der Waals surface area contributed by atoms with Gasteiger partial charge in [-0.15, -0.1) is 0 Å². The maximum absolute atomic E-state index is 17.8. The summed E-state index contributed by atoms with van der Waals surface area (Å²) in [5.41, 5.74) is 7.45. The monoisotopic (exact) mass is 770 g/mol. The lowest BCUT2D eigenvalue weighted by molar-refractivity contribution is -0.0390. The number of aromatic nitrogens is 3. The van der Waals surface area contributed by atoms with Crippen LogP contribution in [0.1, 0.15) is 147 Å². The summed E-state index contributed by atoms with van der Waals surface area (Å²) in [5.74, 6) is -1.55. The quantitative estimate of drug-likeness (QED) is 0.142. The Hall–Kier alpha value is -4.02. The second-order valence-electron chi connectivity index (χ2n) is 17.3. The Labute approximate surface area is 330 Å². The van der Waals surface area contributed by atoms with E-state index in [0.29, 0.717) is 62.6 Å². The van der Waals surface area contributed by atoms with E-state index in [2.05, 4.69) is 28.7 Å². The fraction of sp³-hybridized carbons (Fsp3) is 0.543. The van der Waals surface area contributed by atoms with Gasteiger partial charge in [0, 0.05) is 66.6 Å². The molecule has 0 spiro atoms. The molecule has 1 saturated heterocycles. The van der Waals surface area contributed by atoms with Gasteiger partial charge in [-0.25, -0.2) is 23.1 Å². The molecule has 56 heavy (non-hydrogen) atoms. The molecule has 3 aliphatic rings. The molecule has 1 saturated carbocycles. The second-order valence-corrected chi connectivity index (χ2v) is 17.3. The summed E-state index contributed by atoms with van der Waals surface area (Å²) in [5, 5.41) is 0. The summed E-state index contributed by atoms with van der Waals surface area (Å²) in [6.45, 7) is 12.7. The highest BCUT2D eigenvalue weighted by Crippen LogP contribution is 2.53. The lowest BCUT2D eigenvalue weighted by Gasteiger charge is -2.42. The molecule has 2 fully saturated rings. The molecule has 2 aliphatic carbocycles. The second kappa shape index (κ2) is 16.8. The number of alkyl halides is 3. The van der Waals surface area contributed by atoms with Crippen molar-refractivity contribution >= 4 is 5.95 Å². The Kier molecular flexibility index (Phi) is 12.1. The molecular formula is C46H57F3N4O3. The minimum Gasteiger partial charge on any atom is -0.497 e. The van der Waals surface area contributed by atoms with Crippen LogP contribution in [0.5, 0.6) is 5.75 Å². The number of anilines is 1. The number of benzene rings is 2. The smallest absolute Gasteiger partial charge is 0.248 e. The van der Waals surface area contributed by atoms with Crippen LogP contribution in [0.2, 0.25) is 0 Å². The van der Waals surface area contributed by atoms with Crippen molar-refractivity contribution in [3.8, 4) is 5.75 Å². The van der Waals surface area contributed by atoms with Crippen LogP contribution >= 0.6 is 0 Å². The number of ether oxygens (including phenoxy) is 3. The Morgan fingerprint density at radius 3 is 2.12 bits per heavy atom. The number of halogens is 3. The topological polar surface area (TPSA) is 69.6 Å². The number of nitrogens with zero attached hydrogens (tertiary/aromatic N) is 4. The third-order valence-electron chi connectivity index (χ3n) is 11.9. The minimum atomic E-state index is -2.72. The van der Waals surface area contributed by atoms with Gasteiger partial charge >= 0.3 is 0 Å². The molecule has 10 heteroatoms. The normalized spacial score (nSPS) is 20.5. The highest BCUT2D eigenvalue weighted by molar-refractivity contribution is 5.51. The maximum atomic E-state index is 17.8. The Morgan fingerprint density at radius 1 is 0.839 bits per heavy atom. The van der Waals surface area contributed by atoms with Crippen molar-refractivity contribution in [1.29, 1.82) is 0 Å². The maximum Gasteiger partial charge on any atom is 0.248 e. The van der Waals surface area contributed by atoms with E-state index in [0.717, 1.165) is 64.2 Å². The van der Waals surface area contributed by atoms with Gasteiger partial charge in [0.1, 0.15) is 5.75 Å². The van der Waals surface area contributed by atoms with Crippen LogP contribution < -0.4 is 9.64 Å². The molecule has 2 atom stereocenters. The average molecular weight is 771 g/mol. The largest absolute Gasteiger partial charge is 0.497 e. The van der Waals surface area contributed by atoms with Crippen molar-refractivity contribution in [2.75, 3.05) is 25.1 Å². The van der Waals surface area contributed by atoms with Gasteiger partial charge in [0.15, 0.2) is 6.17 Å². The zero-order chi connectivity index (χ0) is 39.6. The van der Waals surface area contributed by atoms with Gasteiger partial charge in [-0.1, -0.05) is 55.8 Å². The summed E-state index contributed by atoms with van der Waals surface area (Å²) < 4.78 is 65.4. The van der Waals surface area contributed by atoms with Crippen LogP contribution in [0.15, 0.2) is 60.9 Å². The molecule has 0 bridgehead atoms. The summed E-state index contributed by atoms with van der Waals surface area (Å²) >= 11 is 0. The van der Waals surface area contributed by atoms with E-state index < -0.39 is 12.1 Å². The van der Waals surface area contributed by atoms with Crippen LogP contribution in [0.25, 0.3) is 0 Å². The van der Waals surface area contributed by atoms with Gasteiger partial charge in [0.05, 0.1) is 38.2 Å². The predicted octanol–water partition coefficient (Wildman–Crippen LogP) is 11.1. The van der Waals surface area contributed by atoms with Crippen molar-refractivity contribution in [3.63, 3.8) is 0 Å². The van der Waals surface area contributed by atoms with Crippen LogP contribution in [0.4, 0.5) is 19.1 Å². The number of rotatable bonds is 12. The van der Waals surface area contributed by atoms with Gasteiger partial charge in [0.25, 0.3) is 0 Å². The molecule has 2 aromatic carbocycles. The van der Waals surface area contributed by atoms with Crippen molar-refractivity contribution in [1.82, 2.24) is 15.0 Å². The average Bonchev–Trinajstić information content (AvgIpc) is 3.18. The van der Waals surface area contributed by atoms with Crippen molar-refractivity contribution in [3.05, 3.63) is 111 Å². The van der Waals surface area contributed by atoms with E-state index in [4.69, 9.17) is 19.2 Å². The molecule has 3 heterocycles. The van der Waals surface area contributed by atoms with Crippen molar-refractivity contribution in [2.45, 2.75) is 135 Å². The molecule has 7 rings (SSSR count). The lowest BCUT2D eigenvalue weighted by Crippen LogP contribution is -2.36. The summed E-state index contributed by atoms with van der Waals surface area (Å²) in [6, 6.07) is 15.4. The molecule has 0 N–H and O–H groups in total. The number of aryl methyl sites for hydroxylation is 1. The molecule has 4 aromatic rings. The molecule has 0 amide bonds. The first kappa shape index (κ1) is 40.2. The summed E-state index contributed by atoms with van der Waals surface area (Å²) in [6.07, 6.45) is 4.98. The summed E-state index contributed by atoms with van der Waals surface area (Å²) in [4.78, 5) is 17.0. The number of pyridine rings is 1. The molecule has 7 nitrogen and oxygen atoms in total. The van der Waals surface area contributed by atoms with Gasteiger partial charge in [-0.3, -0.25) is 4.98 Å². The first-order valence-corrected chi connectivity index (χ1v) is 20.4. The predicted molar refractivity (Wildman–Crippen MR) is 213 cm³/mol. The molecule has 300 valence electrons. The molecule has 1 aliphatic heterocycles. The third-order valence-corrected chi connectivity index (χ3v) is 11.9. The first-order chi connectivity index (χ1) is 26.8. The van der Waals surface area contributed by atoms with E-state index in [-0.39, 0.29) is 42.3 Å². The third kappa shape index (κ3) is 9.23. The first-order valence-electron chi connectivity index (χ1n) is 20.4. The Balaban J connectivity index is 1.29. The number of methoxy groups -OCH3 is 1. The highest BCUT2D eigenvalue weighted by Gasteiger charge is 2.44. The fourth-order valence-electron chi connectivity index (χ4n) is 8.84. The van der Waals surface area contributed by atoms with Crippen molar-refractivity contribution < 1.29 is 27.4 Å². The van der Waals surface area contributed by atoms with E-state index in [1.54, 1.807) is 7.11 Å². The van der Waals surface area contributed by atoms with Gasteiger partial charge in [-0.2, -0.15) is 0 Å². The summed E-state index contributed by atoms with van der Waals surface area (Å²) in [7, 11) is 1.64. The Bertz CT molecular complexity index is 1920. The molecular weight excluding hydrogens is 714 g/mol. The Morgan fingerprint density at radius 2 is 1.50 bits per heavy atom. The molecule has 2 aromatic heterocycles. The zero-order valence-corrected chi connectivity index (χ0v) is 33.8. The molecule has 0 unspecified atom stereocenters. The van der Waals surface area contributed by atoms with Gasteiger partial charge in [-0.05, 0) is 99.5 Å². The highest BCUT2D eigenvalue weighted by atomic mass is 19.3. The van der Waals surface area contributed by atoms with E-state index >= 15 is 4.39 Å². The molecule has 0 radical (unpaired) electrons. The number of hydrogen-bond donors (Lipinski definition) is 0. The number of piperidine rings is 1. The van der Waals surface area contributed by atoms with Crippen LogP contribution in [-0.2, 0) is 29.1 Å². The van der Waals surface area contributed by atoms with Gasteiger partial charge < -0.3 is 19.1 Å². The van der Waals surface area contributed by atoms with E-state index in [1.165, 1.54) is 0 Å². The van der Waals surface area contributed by atoms with Crippen LogP contribution in [0, 0.1) is 12.3 Å². The SMILES string of the molecule is COc1ccc(CO[C@H]2CC(C)(C)Cc3nc(C4CCN(c5ncc(COC(C)C)cn5)CC4)c([C@@H](F)c4ccc(C)cc4)c(C4CCC(F)(F)CC4)c32)cc1.